The molecule has 0 aliphatic heterocycles. The van der Waals surface area contributed by atoms with Gasteiger partial charge in [-0.15, -0.1) is 0 Å². The first-order valence-electron chi connectivity index (χ1n) is 6.83. The van der Waals surface area contributed by atoms with Gasteiger partial charge in [-0.3, -0.25) is 0 Å². The molecule has 4 nitrogen and oxygen atoms in total. The van der Waals surface area contributed by atoms with Crippen LogP contribution in [0.5, 0.6) is 0 Å². The first kappa shape index (κ1) is 21.8. The van der Waals surface area contributed by atoms with Crippen molar-refractivity contribution in [1.29, 1.82) is 0 Å². The monoisotopic (exact) mass is 310 g/mol. The average Bonchev–Trinajstić information content (AvgIpc) is 2.23. The van der Waals surface area contributed by atoms with E-state index in [4.69, 9.17) is 14.2 Å². The van der Waals surface area contributed by atoms with Crippen LogP contribution in [0, 0.1) is 17.8 Å². The summed E-state index contributed by atoms with van der Waals surface area (Å²) in [7, 11) is 0. The van der Waals surface area contributed by atoms with Crippen LogP contribution in [-0.4, -0.2) is 37.5 Å². The summed E-state index contributed by atoms with van der Waals surface area (Å²) in [6.45, 7) is 13.7. The second kappa shape index (κ2) is 11.2. The largest absolute Gasteiger partial charge is 0.373 e. The number of hydrogen-bond donors (Lipinski definition) is 1. The van der Waals surface area contributed by atoms with Crippen molar-refractivity contribution in [1.82, 2.24) is 0 Å². The molecular formula is C14H30O4Ti. The van der Waals surface area contributed by atoms with Crippen molar-refractivity contribution in [2.75, 3.05) is 26.4 Å². The predicted molar refractivity (Wildman–Crippen MR) is 72.2 cm³/mol. The number of rotatable bonds is 10. The van der Waals surface area contributed by atoms with Crippen LogP contribution < -0.4 is 0 Å². The molecule has 0 atom stereocenters. The van der Waals surface area contributed by atoms with Gasteiger partial charge in [0.15, 0.2) is 0 Å². The fourth-order valence-electron chi connectivity index (χ4n) is 1.14. The zero-order valence-electron chi connectivity index (χ0n) is 13.2. The van der Waals surface area contributed by atoms with E-state index in [0.29, 0.717) is 37.6 Å². The molecule has 0 aliphatic rings. The maximum Gasteiger partial charge on any atom is 0.305 e. The molecule has 0 amide bonds. The van der Waals surface area contributed by atoms with E-state index in [-0.39, 0.29) is 28.3 Å². The van der Waals surface area contributed by atoms with Crippen LogP contribution in [0.1, 0.15) is 41.5 Å². The van der Waals surface area contributed by atoms with Crippen molar-refractivity contribution in [3.05, 3.63) is 0 Å². The SMILES string of the molecule is CC(C)COCC(O)(OCC(C)C)OCC(C)C.[Ti]. The van der Waals surface area contributed by atoms with Crippen molar-refractivity contribution in [2.24, 2.45) is 17.8 Å². The van der Waals surface area contributed by atoms with E-state index in [9.17, 15) is 5.11 Å². The van der Waals surface area contributed by atoms with Crippen molar-refractivity contribution < 1.29 is 41.0 Å². The Morgan fingerprint density at radius 2 is 1.16 bits per heavy atom. The van der Waals surface area contributed by atoms with Gasteiger partial charge in [-0.1, -0.05) is 41.5 Å². The summed E-state index contributed by atoms with van der Waals surface area (Å²) in [6.07, 6.45) is 0. The molecule has 0 heterocycles. The van der Waals surface area contributed by atoms with Crippen molar-refractivity contribution in [2.45, 2.75) is 47.5 Å². The minimum atomic E-state index is -1.62. The van der Waals surface area contributed by atoms with Gasteiger partial charge in [0.05, 0.1) is 13.2 Å². The Bertz CT molecular complexity index is 196. The van der Waals surface area contributed by atoms with Gasteiger partial charge in [0.25, 0.3) is 0 Å². The summed E-state index contributed by atoms with van der Waals surface area (Å²) >= 11 is 0. The van der Waals surface area contributed by atoms with E-state index >= 15 is 0 Å². The van der Waals surface area contributed by atoms with E-state index in [1.165, 1.54) is 0 Å². The van der Waals surface area contributed by atoms with Crippen LogP contribution in [0.4, 0.5) is 0 Å². The van der Waals surface area contributed by atoms with Gasteiger partial charge >= 0.3 is 5.97 Å². The summed E-state index contributed by atoms with van der Waals surface area (Å²) in [5.74, 6) is -0.526. The Balaban J connectivity index is 0. The Morgan fingerprint density at radius 3 is 1.47 bits per heavy atom. The maximum absolute atomic E-state index is 10.3. The molecule has 0 unspecified atom stereocenters. The molecule has 0 aromatic carbocycles. The van der Waals surface area contributed by atoms with Crippen molar-refractivity contribution >= 4 is 0 Å². The molecule has 0 fully saturated rings. The van der Waals surface area contributed by atoms with Crippen LogP contribution in [-0.2, 0) is 35.9 Å². The van der Waals surface area contributed by atoms with Gasteiger partial charge in [-0.05, 0) is 17.8 Å². The summed E-state index contributed by atoms with van der Waals surface area (Å²) in [6, 6.07) is 0. The molecule has 0 saturated carbocycles. The van der Waals surface area contributed by atoms with Gasteiger partial charge in [-0.2, -0.15) is 0 Å². The molecule has 0 radical (unpaired) electrons. The summed E-state index contributed by atoms with van der Waals surface area (Å²) in [5.41, 5.74) is 0. The topological polar surface area (TPSA) is 47.9 Å². The van der Waals surface area contributed by atoms with Crippen LogP contribution in [0.25, 0.3) is 0 Å². The van der Waals surface area contributed by atoms with E-state index < -0.39 is 5.97 Å². The Labute approximate surface area is 133 Å². The maximum atomic E-state index is 10.3. The third-order valence-corrected chi connectivity index (χ3v) is 2.02. The quantitative estimate of drug-likeness (QED) is 0.498. The molecule has 0 aromatic heterocycles. The Hall–Kier alpha value is 0.554. The molecule has 0 aromatic rings. The fourth-order valence-corrected chi connectivity index (χ4v) is 1.14. The Kier molecular flexibility index (Phi) is 12.9. The first-order chi connectivity index (χ1) is 8.25. The van der Waals surface area contributed by atoms with Crippen LogP contribution >= 0.6 is 0 Å². The average molecular weight is 310 g/mol. The molecule has 0 aliphatic carbocycles. The van der Waals surface area contributed by atoms with Crippen molar-refractivity contribution in [3.8, 4) is 0 Å². The van der Waals surface area contributed by atoms with Crippen LogP contribution in [0.3, 0.4) is 0 Å². The van der Waals surface area contributed by atoms with E-state index in [0.717, 1.165) is 0 Å². The summed E-state index contributed by atoms with van der Waals surface area (Å²) in [4.78, 5) is 0. The van der Waals surface area contributed by atoms with Gasteiger partial charge in [0.2, 0.25) is 0 Å². The zero-order chi connectivity index (χ0) is 14.2. The minimum absolute atomic E-state index is 0. The zero-order valence-corrected chi connectivity index (χ0v) is 14.8. The molecule has 0 spiro atoms. The second-order valence-electron chi connectivity index (χ2n) is 6.03. The molecule has 5 heteroatoms. The third kappa shape index (κ3) is 13.3. The van der Waals surface area contributed by atoms with E-state index in [1.807, 2.05) is 27.7 Å². The van der Waals surface area contributed by atoms with E-state index in [1.54, 1.807) is 0 Å². The fraction of sp³-hybridized carbons (Fsp3) is 1.00. The van der Waals surface area contributed by atoms with Gasteiger partial charge in [0.1, 0.15) is 6.61 Å². The van der Waals surface area contributed by atoms with Crippen molar-refractivity contribution in [3.63, 3.8) is 0 Å². The van der Waals surface area contributed by atoms with Gasteiger partial charge < -0.3 is 19.3 Å². The molecule has 1 N–H and O–H groups in total. The number of ether oxygens (including phenoxy) is 3. The second-order valence-corrected chi connectivity index (χ2v) is 6.03. The molecule has 0 saturated heterocycles. The van der Waals surface area contributed by atoms with E-state index in [2.05, 4.69) is 13.8 Å². The van der Waals surface area contributed by atoms with Gasteiger partial charge in [0, 0.05) is 28.3 Å². The van der Waals surface area contributed by atoms with Gasteiger partial charge in [-0.25, -0.2) is 0 Å². The van der Waals surface area contributed by atoms with Crippen LogP contribution in [0.2, 0.25) is 0 Å². The molecule has 114 valence electrons. The molecule has 19 heavy (non-hydrogen) atoms. The minimum Gasteiger partial charge on any atom is -0.373 e. The summed E-state index contributed by atoms with van der Waals surface area (Å²) < 4.78 is 16.3. The third-order valence-electron chi connectivity index (χ3n) is 2.02. The first-order valence-corrected chi connectivity index (χ1v) is 6.83. The Morgan fingerprint density at radius 1 is 0.789 bits per heavy atom. The normalized spacial score (nSPS) is 12.3. The van der Waals surface area contributed by atoms with Crippen LogP contribution in [0.15, 0.2) is 0 Å². The molecule has 0 rings (SSSR count). The molecule has 0 bridgehead atoms. The molecular weight excluding hydrogens is 280 g/mol. The number of hydrogen-bond acceptors (Lipinski definition) is 4. The smallest absolute Gasteiger partial charge is 0.305 e. The number of aliphatic hydroxyl groups is 1. The standard InChI is InChI=1S/C14H30O4.Ti/c1-11(2)7-16-10-14(15,17-8-12(3)4)18-9-13(5)6;/h11-13,15H,7-10H2,1-6H3;. The predicted octanol–water partition coefficient (Wildman–Crippen LogP) is 2.65. The summed E-state index contributed by atoms with van der Waals surface area (Å²) in [5, 5.41) is 10.3.